The van der Waals surface area contributed by atoms with Gasteiger partial charge >= 0.3 is 0 Å². The van der Waals surface area contributed by atoms with Crippen LogP contribution in [0.3, 0.4) is 0 Å². The van der Waals surface area contributed by atoms with E-state index in [0.717, 1.165) is 35.4 Å². The summed E-state index contributed by atoms with van der Waals surface area (Å²) in [5, 5.41) is 10.5. The van der Waals surface area contributed by atoms with Crippen LogP contribution in [0.4, 0.5) is 5.13 Å². The normalized spacial score (nSPS) is 19.8. The number of nitrogens with zero attached hydrogens (tertiary/aromatic N) is 2. The molecule has 1 fully saturated rings. The average molecular weight is 284 g/mol. The largest absolute Gasteiger partial charge is 0.391 e. The van der Waals surface area contributed by atoms with E-state index in [1.807, 2.05) is 0 Å². The fourth-order valence-electron chi connectivity index (χ4n) is 2.35. The van der Waals surface area contributed by atoms with E-state index in [2.05, 4.69) is 39.5 Å². The van der Waals surface area contributed by atoms with Gasteiger partial charge in [0, 0.05) is 18.5 Å². The monoisotopic (exact) mass is 284 g/mol. The summed E-state index contributed by atoms with van der Waals surface area (Å²) in [6.07, 6.45) is 0. The minimum Gasteiger partial charge on any atom is -0.391 e. The second-order valence-electron chi connectivity index (χ2n) is 6.71. The zero-order valence-electron chi connectivity index (χ0n) is 12.5. The maximum atomic E-state index is 9.52. The first kappa shape index (κ1) is 14.8. The third-order valence-electron chi connectivity index (χ3n) is 3.24. The van der Waals surface area contributed by atoms with E-state index in [1.165, 1.54) is 0 Å². The summed E-state index contributed by atoms with van der Waals surface area (Å²) >= 11 is 1.60. The molecule has 1 saturated heterocycles. The standard InChI is InChI=1S/C14H24N2O2S/c1-13(2,3)11-10(8-17)19-12(15-11)16-6-7-18-14(4,5)9-16/h17H,6-9H2,1-5H3. The molecule has 0 spiro atoms. The van der Waals surface area contributed by atoms with Gasteiger partial charge in [0.05, 0.1) is 29.4 Å². The molecule has 2 rings (SSSR count). The van der Waals surface area contributed by atoms with Crippen LogP contribution < -0.4 is 4.90 Å². The van der Waals surface area contributed by atoms with Crippen molar-refractivity contribution < 1.29 is 9.84 Å². The Morgan fingerprint density at radius 1 is 1.42 bits per heavy atom. The zero-order chi connectivity index (χ0) is 14.3. The maximum Gasteiger partial charge on any atom is 0.186 e. The Bertz CT molecular complexity index is 449. The molecule has 1 aromatic rings. The average Bonchev–Trinajstić information content (AvgIpc) is 2.71. The second kappa shape index (κ2) is 5.04. The summed E-state index contributed by atoms with van der Waals surface area (Å²) in [6.45, 7) is 13.1. The van der Waals surface area contributed by atoms with Crippen molar-refractivity contribution in [3.05, 3.63) is 10.6 Å². The third kappa shape index (κ3) is 3.27. The Balaban J connectivity index is 2.28. The Morgan fingerprint density at radius 2 is 2.11 bits per heavy atom. The van der Waals surface area contributed by atoms with Crippen molar-refractivity contribution in [2.75, 3.05) is 24.6 Å². The molecular weight excluding hydrogens is 260 g/mol. The summed E-state index contributed by atoms with van der Waals surface area (Å²) in [5.74, 6) is 0. The summed E-state index contributed by atoms with van der Waals surface area (Å²) in [7, 11) is 0. The number of morpholine rings is 1. The number of ether oxygens (including phenoxy) is 1. The zero-order valence-corrected chi connectivity index (χ0v) is 13.3. The molecule has 0 saturated carbocycles. The van der Waals surface area contributed by atoms with Crippen LogP contribution >= 0.6 is 11.3 Å². The van der Waals surface area contributed by atoms with Crippen LogP contribution in [0, 0.1) is 0 Å². The molecule has 0 radical (unpaired) electrons. The van der Waals surface area contributed by atoms with Gasteiger partial charge in [-0.2, -0.15) is 0 Å². The molecule has 1 aliphatic heterocycles. The van der Waals surface area contributed by atoms with Gasteiger partial charge in [0.25, 0.3) is 0 Å². The smallest absolute Gasteiger partial charge is 0.186 e. The molecular formula is C14H24N2O2S. The fraction of sp³-hybridized carbons (Fsp3) is 0.786. The lowest BCUT2D eigenvalue weighted by atomic mass is 9.91. The van der Waals surface area contributed by atoms with Crippen LogP contribution in [-0.4, -0.2) is 35.4 Å². The van der Waals surface area contributed by atoms with Crippen molar-refractivity contribution in [2.24, 2.45) is 0 Å². The second-order valence-corrected chi connectivity index (χ2v) is 7.77. The molecule has 1 aliphatic rings. The SMILES string of the molecule is CC1(C)CN(c2nc(C(C)(C)C)c(CO)s2)CCO1. The molecule has 0 unspecified atom stereocenters. The van der Waals surface area contributed by atoms with E-state index in [4.69, 9.17) is 9.72 Å². The van der Waals surface area contributed by atoms with E-state index in [0.29, 0.717) is 0 Å². The minimum absolute atomic E-state index is 0.0331. The van der Waals surface area contributed by atoms with Crippen molar-refractivity contribution in [1.82, 2.24) is 4.98 Å². The molecule has 0 aromatic carbocycles. The van der Waals surface area contributed by atoms with Crippen LogP contribution in [0.25, 0.3) is 0 Å². The number of aliphatic hydroxyl groups excluding tert-OH is 1. The van der Waals surface area contributed by atoms with E-state index < -0.39 is 0 Å². The highest BCUT2D eigenvalue weighted by molar-refractivity contribution is 7.15. The molecule has 1 N–H and O–H groups in total. The predicted octanol–water partition coefficient (Wildman–Crippen LogP) is 2.55. The Morgan fingerprint density at radius 3 is 2.58 bits per heavy atom. The molecule has 0 amide bonds. The van der Waals surface area contributed by atoms with E-state index in [9.17, 15) is 5.11 Å². The lowest BCUT2D eigenvalue weighted by Crippen LogP contribution is -2.48. The van der Waals surface area contributed by atoms with Crippen LogP contribution in [0.1, 0.15) is 45.2 Å². The number of aromatic nitrogens is 1. The highest BCUT2D eigenvalue weighted by Gasteiger charge is 2.31. The topological polar surface area (TPSA) is 45.6 Å². The number of hydrogen-bond donors (Lipinski definition) is 1. The third-order valence-corrected chi connectivity index (χ3v) is 4.34. The van der Waals surface area contributed by atoms with Crippen LogP contribution in [0.2, 0.25) is 0 Å². The van der Waals surface area contributed by atoms with Crippen LogP contribution in [-0.2, 0) is 16.8 Å². The molecule has 108 valence electrons. The number of rotatable bonds is 2. The van der Waals surface area contributed by atoms with Gasteiger partial charge in [-0.3, -0.25) is 0 Å². The molecule has 0 bridgehead atoms. The first-order valence-corrected chi connectivity index (χ1v) is 7.54. The quantitative estimate of drug-likeness (QED) is 0.906. The number of hydrogen-bond acceptors (Lipinski definition) is 5. The summed E-state index contributed by atoms with van der Waals surface area (Å²) in [6, 6.07) is 0. The van der Waals surface area contributed by atoms with Crippen molar-refractivity contribution in [3.8, 4) is 0 Å². The lowest BCUT2D eigenvalue weighted by molar-refractivity contribution is -0.0277. The van der Waals surface area contributed by atoms with Gasteiger partial charge in [0.2, 0.25) is 0 Å². The van der Waals surface area contributed by atoms with Gasteiger partial charge in [0.1, 0.15) is 0 Å². The highest BCUT2D eigenvalue weighted by Crippen LogP contribution is 2.35. The van der Waals surface area contributed by atoms with Gasteiger partial charge in [-0.25, -0.2) is 4.98 Å². The summed E-state index contributed by atoms with van der Waals surface area (Å²) < 4.78 is 5.73. The molecule has 2 heterocycles. The van der Waals surface area contributed by atoms with E-state index in [-0.39, 0.29) is 17.6 Å². The van der Waals surface area contributed by atoms with Gasteiger partial charge in [-0.15, -0.1) is 0 Å². The predicted molar refractivity (Wildman–Crippen MR) is 79.0 cm³/mol. The maximum absolute atomic E-state index is 9.52. The first-order valence-electron chi connectivity index (χ1n) is 6.73. The van der Waals surface area contributed by atoms with Crippen molar-refractivity contribution in [3.63, 3.8) is 0 Å². The molecule has 19 heavy (non-hydrogen) atoms. The van der Waals surface area contributed by atoms with Crippen molar-refractivity contribution in [2.45, 2.75) is 52.2 Å². The minimum atomic E-state index is -0.134. The highest BCUT2D eigenvalue weighted by atomic mass is 32.1. The molecule has 1 aromatic heterocycles. The van der Waals surface area contributed by atoms with Gasteiger partial charge in [-0.05, 0) is 13.8 Å². The summed E-state index contributed by atoms with van der Waals surface area (Å²) in [4.78, 5) is 8.02. The van der Waals surface area contributed by atoms with Crippen LogP contribution in [0.5, 0.6) is 0 Å². The Hall–Kier alpha value is -0.650. The molecule has 5 heteroatoms. The van der Waals surface area contributed by atoms with Crippen molar-refractivity contribution >= 4 is 16.5 Å². The van der Waals surface area contributed by atoms with Gasteiger partial charge in [-0.1, -0.05) is 32.1 Å². The first-order chi connectivity index (χ1) is 8.73. The molecule has 0 aliphatic carbocycles. The number of aliphatic hydroxyl groups is 1. The van der Waals surface area contributed by atoms with E-state index >= 15 is 0 Å². The van der Waals surface area contributed by atoms with Gasteiger partial charge < -0.3 is 14.7 Å². The number of anilines is 1. The fourth-order valence-corrected chi connectivity index (χ4v) is 3.50. The van der Waals surface area contributed by atoms with Crippen LogP contribution in [0.15, 0.2) is 0 Å². The van der Waals surface area contributed by atoms with E-state index in [1.54, 1.807) is 11.3 Å². The lowest BCUT2D eigenvalue weighted by Gasteiger charge is -2.38. The Labute approximate surface area is 119 Å². The Kier molecular flexibility index (Phi) is 3.91. The molecule has 4 nitrogen and oxygen atoms in total. The van der Waals surface area contributed by atoms with Gasteiger partial charge in [0.15, 0.2) is 5.13 Å². The molecule has 0 atom stereocenters. The summed E-state index contributed by atoms with van der Waals surface area (Å²) in [5.41, 5.74) is 0.846. The van der Waals surface area contributed by atoms with Crippen molar-refractivity contribution in [1.29, 1.82) is 0 Å². The number of thiazole rings is 1.